The molecule has 16 heavy (non-hydrogen) atoms. The van der Waals surface area contributed by atoms with Gasteiger partial charge in [-0.05, 0) is 34.7 Å². The summed E-state index contributed by atoms with van der Waals surface area (Å²) in [7, 11) is 0. The zero-order chi connectivity index (χ0) is 11.7. The fourth-order valence-corrected chi connectivity index (χ4v) is 1.82. The third-order valence-corrected chi connectivity index (χ3v) is 2.72. The summed E-state index contributed by atoms with van der Waals surface area (Å²) in [6, 6.07) is 4.48. The van der Waals surface area contributed by atoms with Gasteiger partial charge in [0.2, 0.25) is 0 Å². The Morgan fingerprint density at radius 1 is 1.50 bits per heavy atom. The number of hydrogen-bond donors (Lipinski definition) is 0. The summed E-state index contributed by atoms with van der Waals surface area (Å²) >= 11 is 7.80. The summed E-state index contributed by atoms with van der Waals surface area (Å²) in [6.45, 7) is 0. The predicted molar refractivity (Wildman–Crippen MR) is 67.9 cm³/mol. The molecule has 82 valence electrons. The van der Waals surface area contributed by atoms with Gasteiger partial charge < -0.3 is 0 Å². The van der Waals surface area contributed by atoms with Gasteiger partial charge in [-0.1, -0.05) is 11.6 Å². The Kier molecular flexibility index (Phi) is 3.10. The Balaban J connectivity index is 2.60. The van der Waals surface area contributed by atoms with Crippen LogP contribution >= 0.6 is 34.2 Å². The lowest BCUT2D eigenvalue weighted by molar-refractivity contribution is -0.384. The van der Waals surface area contributed by atoms with Crippen molar-refractivity contribution < 1.29 is 4.92 Å². The Bertz CT molecular complexity index is 555. The third-order valence-electron chi connectivity index (χ3n) is 1.93. The second kappa shape index (κ2) is 4.38. The summed E-state index contributed by atoms with van der Waals surface area (Å²) in [4.78, 5) is 10.4. The van der Waals surface area contributed by atoms with E-state index in [9.17, 15) is 10.1 Å². The van der Waals surface area contributed by atoms with Crippen LogP contribution in [0.25, 0.3) is 5.69 Å². The van der Waals surface area contributed by atoms with E-state index >= 15 is 0 Å². The molecule has 1 aromatic heterocycles. The lowest BCUT2D eigenvalue weighted by Gasteiger charge is -2.02. The molecule has 0 bridgehead atoms. The quantitative estimate of drug-likeness (QED) is 0.476. The van der Waals surface area contributed by atoms with Crippen LogP contribution in [0.15, 0.2) is 30.6 Å². The first-order valence-electron chi connectivity index (χ1n) is 4.22. The van der Waals surface area contributed by atoms with Crippen molar-refractivity contribution in [3.63, 3.8) is 0 Å². The van der Waals surface area contributed by atoms with Crippen molar-refractivity contribution in [2.75, 3.05) is 0 Å². The van der Waals surface area contributed by atoms with Gasteiger partial charge in [-0.3, -0.25) is 10.1 Å². The summed E-state index contributed by atoms with van der Waals surface area (Å²) in [5.41, 5.74) is 0.337. The highest BCUT2D eigenvalue weighted by Gasteiger charge is 2.16. The van der Waals surface area contributed by atoms with Gasteiger partial charge in [0.1, 0.15) is 5.69 Å². The van der Waals surface area contributed by atoms with Gasteiger partial charge in [0, 0.05) is 17.3 Å². The topological polar surface area (TPSA) is 61.0 Å². The molecule has 0 atom stereocenters. The summed E-state index contributed by atoms with van der Waals surface area (Å²) in [5.74, 6) is 0. The van der Waals surface area contributed by atoms with Crippen LogP contribution in [0.4, 0.5) is 5.69 Å². The minimum atomic E-state index is -0.476. The van der Waals surface area contributed by atoms with Gasteiger partial charge in [-0.2, -0.15) is 5.10 Å². The second-order valence-corrected chi connectivity index (χ2v) is 4.68. The average Bonchev–Trinajstić information content (AvgIpc) is 2.64. The number of hydrogen-bond acceptors (Lipinski definition) is 3. The molecule has 2 aromatic rings. The van der Waals surface area contributed by atoms with E-state index in [4.69, 9.17) is 11.6 Å². The monoisotopic (exact) mass is 349 g/mol. The molecule has 0 aliphatic heterocycles. The molecule has 1 aromatic carbocycles. The highest BCUT2D eigenvalue weighted by Crippen LogP contribution is 2.26. The molecule has 1 heterocycles. The van der Waals surface area contributed by atoms with Crippen LogP contribution in [-0.4, -0.2) is 14.7 Å². The maximum Gasteiger partial charge on any atom is 0.296 e. The molecule has 0 fully saturated rings. The van der Waals surface area contributed by atoms with E-state index in [-0.39, 0.29) is 5.69 Å². The van der Waals surface area contributed by atoms with Crippen molar-refractivity contribution in [2.45, 2.75) is 0 Å². The van der Waals surface area contributed by atoms with Gasteiger partial charge in [0.05, 0.1) is 14.7 Å². The van der Waals surface area contributed by atoms with Crippen LogP contribution in [0.3, 0.4) is 0 Å². The number of nitro benzene ring substituents is 1. The van der Waals surface area contributed by atoms with Crippen molar-refractivity contribution in [2.24, 2.45) is 0 Å². The molecule has 2 rings (SSSR count). The smallest absolute Gasteiger partial charge is 0.258 e. The zero-order valence-corrected chi connectivity index (χ0v) is 10.7. The fourth-order valence-electron chi connectivity index (χ4n) is 1.27. The Hall–Kier alpha value is -1.15. The largest absolute Gasteiger partial charge is 0.296 e. The van der Waals surface area contributed by atoms with E-state index in [0.29, 0.717) is 10.7 Å². The van der Waals surface area contributed by atoms with Crippen molar-refractivity contribution in [3.8, 4) is 5.69 Å². The first-order chi connectivity index (χ1) is 7.58. The maximum absolute atomic E-state index is 10.9. The summed E-state index contributed by atoms with van der Waals surface area (Å²) < 4.78 is 2.36. The predicted octanol–water partition coefficient (Wildman–Crippen LogP) is 3.04. The molecule has 0 N–H and O–H groups in total. The Labute approximate surface area is 109 Å². The number of nitro groups is 1. The zero-order valence-electron chi connectivity index (χ0n) is 7.80. The van der Waals surface area contributed by atoms with Gasteiger partial charge >= 0.3 is 0 Å². The van der Waals surface area contributed by atoms with Crippen LogP contribution in [0.5, 0.6) is 0 Å². The molecule has 0 aliphatic rings. The normalized spacial score (nSPS) is 10.4. The summed E-state index contributed by atoms with van der Waals surface area (Å²) in [5, 5.41) is 15.2. The Morgan fingerprint density at radius 3 is 2.81 bits per heavy atom. The number of rotatable bonds is 2. The molecule has 7 heteroatoms. The first kappa shape index (κ1) is 11.3. The Morgan fingerprint density at radius 2 is 2.25 bits per heavy atom. The molecule has 0 radical (unpaired) electrons. The molecule has 0 saturated carbocycles. The SMILES string of the molecule is O=[N+]([O-])c1cc(Cl)ccc1-n1cc(I)cn1. The molecule has 5 nitrogen and oxygen atoms in total. The minimum Gasteiger partial charge on any atom is -0.258 e. The van der Waals surface area contributed by atoms with E-state index in [1.165, 1.54) is 10.7 Å². The van der Waals surface area contributed by atoms with Crippen molar-refractivity contribution in [1.29, 1.82) is 0 Å². The average molecular weight is 350 g/mol. The van der Waals surface area contributed by atoms with E-state index in [2.05, 4.69) is 27.7 Å². The standard InChI is InChI=1S/C9H5ClIN3O2/c10-6-1-2-8(9(3-6)14(15)16)13-5-7(11)4-12-13/h1-5H. The molecule has 0 amide bonds. The van der Waals surface area contributed by atoms with Gasteiger partial charge in [0.15, 0.2) is 0 Å². The summed E-state index contributed by atoms with van der Waals surface area (Å²) in [6.07, 6.45) is 3.33. The first-order valence-corrected chi connectivity index (χ1v) is 5.68. The number of halogens is 2. The molecule has 0 spiro atoms. The van der Waals surface area contributed by atoms with E-state index in [1.54, 1.807) is 24.5 Å². The van der Waals surface area contributed by atoms with Gasteiger partial charge in [-0.25, -0.2) is 4.68 Å². The maximum atomic E-state index is 10.9. The molecular formula is C9H5ClIN3O2. The van der Waals surface area contributed by atoms with Crippen molar-refractivity contribution in [1.82, 2.24) is 9.78 Å². The van der Waals surface area contributed by atoms with Gasteiger partial charge in [-0.15, -0.1) is 0 Å². The molecular weight excluding hydrogens is 344 g/mol. The van der Waals surface area contributed by atoms with Crippen LogP contribution in [0.1, 0.15) is 0 Å². The number of nitrogens with zero attached hydrogens (tertiary/aromatic N) is 3. The highest BCUT2D eigenvalue weighted by molar-refractivity contribution is 14.1. The molecule has 0 saturated heterocycles. The van der Waals surface area contributed by atoms with E-state index < -0.39 is 4.92 Å². The molecule has 0 unspecified atom stereocenters. The third kappa shape index (κ3) is 2.17. The van der Waals surface area contributed by atoms with Crippen LogP contribution in [-0.2, 0) is 0 Å². The molecule has 0 aliphatic carbocycles. The lowest BCUT2D eigenvalue weighted by Crippen LogP contribution is -2.00. The van der Waals surface area contributed by atoms with Crippen LogP contribution in [0, 0.1) is 13.7 Å². The van der Waals surface area contributed by atoms with E-state index in [0.717, 1.165) is 3.57 Å². The van der Waals surface area contributed by atoms with Crippen molar-refractivity contribution in [3.05, 3.63) is 49.3 Å². The van der Waals surface area contributed by atoms with E-state index in [1.807, 2.05) is 0 Å². The number of aromatic nitrogens is 2. The number of benzene rings is 1. The highest BCUT2D eigenvalue weighted by atomic mass is 127. The minimum absolute atomic E-state index is 0.0630. The fraction of sp³-hybridized carbons (Fsp3) is 0. The van der Waals surface area contributed by atoms with Crippen molar-refractivity contribution >= 4 is 39.9 Å². The van der Waals surface area contributed by atoms with Crippen LogP contribution < -0.4 is 0 Å². The van der Waals surface area contributed by atoms with Crippen LogP contribution in [0.2, 0.25) is 5.02 Å². The lowest BCUT2D eigenvalue weighted by atomic mass is 10.3. The second-order valence-electron chi connectivity index (χ2n) is 2.99. The van der Waals surface area contributed by atoms with Gasteiger partial charge in [0.25, 0.3) is 5.69 Å².